The van der Waals surface area contributed by atoms with Crippen molar-refractivity contribution in [2.75, 3.05) is 19.7 Å². The molecular weight excluding hydrogens is 397 g/mol. The minimum absolute atomic E-state index is 0.0394. The van der Waals surface area contributed by atoms with Gasteiger partial charge in [0.1, 0.15) is 11.5 Å². The van der Waals surface area contributed by atoms with Crippen molar-refractivity contribution >= 4 is 11.6 Å². The molecule has 0 unspecified atom stereocenters. The van der Waals surface area contributed by atoms with Gasteiger partial charge in [0.15, 0.2) is 5.65 Å². The maximum atomic E-state index is 13.4. The van der Waals surface area contributed by atoms with E-state index in [1.807, 2.05) is 18.3 Å². The summed E-state index contributed by atoms with van der Waals surface area (Å²) in [7, 11) is 0. The molecule has 0 bridgehead atoms. The predicted molar refractivity (Wildman–Crippen MR) is 115 cm³/mol. The predicted octanol–water partition coefficient (Wildman–Crippen LogP) is 3.80. The lowest BCUT2D eigenvalue weighted by Gasteiger charge is -2.31. The van der Waals surface area contributed by atoms with E-state index in [4.69, 9.17) is 4.74 Å². The topological polar surface area (TPSA) is 72.6 Å². The van der Waals surface area contributed by atoms with Gasteiger partial charge in [0.25, 0.3) is 5.91 Å². The van der Waals surface area contributed by atoms with Crippen LogP contribution in [0.15, 0.2) is 30.6 Å². The second kappa shape index (κ2) is 8.24. The number of ether oxygens (including phenoxy) is 1. The minimum atomic E-state index is -0.399. The lowest BCUT2D eigenvalue weighted by atomic mass is 9.93. The van der Waals surface area contributed by atoms with Crippen molar-refractivity contribution in [2.45, 2.75) is 46.0 Å². The van der Waals surface area contributed by atoms with Crippen molar-refractivity contribution < 1.29 is 13.9 Å². The van der Waals surface area contributed by atoms with Crippen molar-refractivity contribution in [3.8, 4) is 5.88 Å². The van der Waals surface area contributed by atoms with Gasteiger partial charge in [-0.3, -0.25) is 4.79 Å². The van der Waals surface area contributed by atoms with Crippen LogP contribution in [0.1, 0.15) is 55.4 Å². The fourth-order valence-corrected chi connectivity index (χ4v) is 3.63. The largest absolute Gasteiger partial charge is 0.476 e. The van der Waals surface area contributed by atoms with Gasteiger partial charge < -0.3 is 9.64 Å². The highest BCUT2D eigenvalue weighted by molar-refractivity contribution is 5.92. The first-order valence-corrected chi connectivity index (χ1v) is 10.6. The molecule has 1 fully saturated rings. The number of halogens is 1. The maximum absolute atomic E-state index is 13.4. The number of amides is 1. The zero-order chi connectivity index (χ0) is 22.2. The number of fused-ring (bicyclic) bond motifs is 1. The first-order valence-electron chi connectivity index (χ1n) is 10.6. The summed E-state index contributed by atoms with van der Waals surface area (Å²) in [5, 5.41) is 4.52. The average molecular weight is 426 g/mol. The van der Waals surface area contributed by atoms with Gasteiger partial charge in [-0.15, -0.1) is 5.10 Å². The molecule has 4 rings (SSSR count). The summed E-state index contributed by atoms with van der Waals surface area (Å²) in [6.45, 7) is 9.82. The van der Waals surface area contributed by atoms with Crippen LogP contribution in [0.4, 0.5) is 4.39 Å². The quantitative estimate of drug-likeness (QED) is 0.636. The van der Waals surface area contributed by atoms with E-state index in [0.717, 1.165) is 30.4 Å². The third-order valence-corrected chi connectivity index (χ3v) is 5.70. The Morgan fingerprint density at radius 2 is 2.00 bits per heavy atom. The summed E-state index contributed by atoms with van der Waals surface area (Å²) in [6, 6.07) is 5.27. The summed E-state index contributed by atoms with van der Waals surface area (Å²) in [5.74, 6) is 0.362. The second-order valence-electron chi connectivity index (χ2n) is 9.22. The molecule has 1 saturated heterocycles. The molecule has 0 spiro atoms. The fraction of sp³-hybridized carbons (Fsp3) is 0.478. The van der Waals surface area contributed by atoms with Crippen molar-refractivity contribution in [1.82, 2.24) is 24.5 Å². The molecule has 8 heteroatoms. The van der Waals surface area contributed by atoms with Crippen molar-refractivity contribution in [3.63, 3.8) is 0 Å². The molecule has 7 nitrogen and oxygen atoms in total. The van der Waals surface area contributed by atoms with Crippen molar-refractivity contribution in [2.24, 2.45) is 5.92 Å². The van der Waals surface area contributed by atoms with Crippen LogP contribution < -0.4 is 4.74 Å². The second-order valence-corrected chi connectivity index (χ2v) is 9.22. The molecule has 0 saturated carbocycles. The standard InChI is InChI=1S/C23H28FN5O2/c1-15-11-18(25-12-17(15)24)22(30)28-9-7-16(8-10-28)14-31-21-6-5-20-26-19(23(2,3)4)13-29(20)27-21/h5-6,11-13,16H,7-10,14H2,1-4H3. The molecule has 0 N–H and O–H groups in total. The van der Waals surface area contributed by atoms with Crippen LogP contribution in [0.5, 0.6) is 5.88 Å². The number of rotatable bonds is 4. The SMILES string of the molecule is Cc1cc(C(=O)N2CCC(COc3ccc4nc(C(C)(C)C)cn4n3)CC2)ncc1F. The summed E-state index contributed by atoms with van der Waals surface area (Å²) < 4.78 is 21.1. The minimum Gasteiger partial charge on any atom is -0.476 e. The van der Waals surface area contributed by atoms with E-state index in [0.29, 0.717) is 42.8 Å². The van der Waals surface area contributed by atoms with Crippen LogP contribution >= 0.6 is 0 Å². The van der Waals surface area contributed by atoms with Crippen LogP contribution in [0.3, 0.4) is 0 Å². The number of likely N-dealkylation sites (tertiary alicyclic amines) is 1. The lowest BCUT2D eigenvalue weighted by Crippen LogP contribution is -2.40. The Hall–Kier alpha value is -3.03. The van der Waals surface area contributed by atoms with Crippen LogP contribution in [-0.2, 0) is 5.41 Å². The first-order chi connectivity index (χ1) is 14.7. The fourth-order valence-electron chi connectivity index (χ4n) is 3.63. The Bertz CT molecular complexity index is 1100. The van der Waals surface area contributed by atoms with E-state index in [1.54, 1.807) is 16.3 Å². The number of carbonyl (C=O) groups excluding carboxylic acids is 1. The van der Waals surface area contributed by atoms with Crippen LogP contribution in [-0.4, -0.2) is 50.1 Å². The number of carbonyl (C=O) groups is 1. The molecule has 1 amide bonds. The smallest absolute Gasteiger partial charge is 0.272 e. The van der Waals surface area contributed by atoms with Crippen LogP contribution in [0.2, 0.25) is 0 Å². The molecule has 0 atom stereocenters. The molecule has 4 heterocycles. The van der Waals surface area contributed by atoms with Crippen molar-refractivity contribution in [3.05, 3.63) is 53.4 Å². The highest BCUT2D eigenvalue weighted by Crippen LogP contribution is 2.23. The van der Waals surface area contributed by atoms with E-state index < -0.39 is 5.82 Å². The number of hydrogen-bond donors (Lipinski definition) is 0. The molecule has 1 aliphatic heterocycles. The Kier molecular flexibility index (Phi) is 5.64. The number of aromatic nitrogens is 4. The molecule has 0 radical (unpaired) electrons. The van der Waals surface area contributed by atoms with Gasteiger partial charge in [0.05, 0.1) is 24.7 Å². The number of aryl methyl sites for hydroxylation is 1. The van der Waals surface area contributed by atoms with Crippen LogP contribution in [0, 0.1) is 18.7 Å². The molecule has 164 valence electrons. The highest BCUT2D eigenvalue weighted by atomic mass is 19.1. The van der Waals surface area contributed by atoms with E-state index in [-0.39, 0.29) is 11.3 Å². The van der Waals surface area contributed by atoms with E-state index in [1.165, 1.54) is 6.07 Å². The van der Waals surface area contributed by atoms with Gasteiger partial charge in [0, 0.05) is 24.6 Å². The monoisotopic (exact) mass is 425 g/mol. The van der Waals surface area contributed by atoms with Crippen molar-refractivity contribution in [1.29, 1.82) is 0 Å². The number of nitrogens with zero attached hydrogens (tertiary/aromatic N) is 5. The Balaban J connectivity index is 1.32. The molecule has 3 aromatic heterocycles. The van der Waals surface area contributed by atoms with Crippen LogP contribution in [0.25, 0.3) is 5.65 Å². The summed E-state index contributed by atoms with van der Waals surface area (Å²) in [4.78, 5) is 23.0. The third-order valence-electron chi connectivity index (χ3n) is 5.70. The van der Waals surface area contributed by atoms with Gasteiger partial charge in [-0.1, -0.05) is 20.8 Å². The van der Waals surface area contributed by atoms with E-state index >= 15 is 0 Å². The Morgan fingerprint density at radius 1 is 1.26 bits per heavy atom. The van der Waals surface area contributed by atoms with Gasteiger partial charge in [-0.25, -0.2) is 18.9 Å². The van der Waals surface area contributed by atoms with E-state index in [9.17, 15) is 9.18 Å². The zero-order valence-electron chi connectivity index (χ0n) is 18.4. The van der Waals surface area contributed by atoms with Gasteiger partial charge in [-0.2, -0.15) is 0 Å². The lowest BCUT2D eigenvalue weighted by molar-refractivity contribution is 0.0653. The maximum Gasteiger partial charge on any atom is 0.272 e. The van der Waals surface area contributed by atoms with Gasteiger partial charge in [0.2, 0.25) is 5.88 Å². The molecule has 3 aromatic rings. The number of piperidine rings is 1. The molecule has 0 aliphatic carbocycles. The molecule has 1 aliphatic rings. The summed E-state index contributed by atoms with van der Waals surface area (Å²) in [6.07, 6.45) is 4.73. The number of imidazole rings is 1. The molecule has 0 aromatic carbocycles. The summed E-state index contributed by atoms with van der Waals surface area (Å²) >= 11 is 0. The van der Waals surface area contributed by atoms with Gasteiger partial charge >= 0.3 is 0 Å². The average Bonchev–Trinajstić information content (AvgIpc) is 3.18. The number of hydrogen-bond acceptors (Lipinski definition) is 5. The third kappa shape index (κ3) is 4.68. The number of pyridine rings is 1. The highest BCUT2D eigenvalue weighted by Gasteiger charge is 2.25. The van der Waals surface area contributed by atoms with Gasteiger partial charge in [-0.05, 0) is 43.4 Å². The molecule has 31 heavy (non-hydrogen) atoms. The zero-order valence-corrected chi connectivity index (χ0v) is 18.4. The summed E-state index contributed by atoms with van der Waals surface area (Å²) in [5.41, 5.74) is 2.47. The van der Waals surface area contributed by atoms with E-state index in [2.05, 4.69) is 35.8 Å². The Morgan fingerprint density at radius 3 is 2.68 bits per heavy atom. The Labute approximate surface area is 181 Å². The normalized spacial score (nSPS) is 15.5. The molecular formula is C23H28FN5O2. The first kappa shape index (κ1) is 21.2.